The lowest BCUT2D eigenvalue weighted by Gasteiger charge is -1.94. The fraction of sp³-hybridized carbons (Fsp3) is 0.833. The van der Waals surface area contributed by atoms with Crippen LogP contribution in [0.2, 0.25) is 0 Å². The first-order valence-corrected chi connectivity index (χ1v) is 3.34. The third-order valence-electron chi connectivity index (χ3n) is 1.10. The van der Waals surface area contributed by atoms with Crippen molar-refractivity contribution in [2.75, 3.05) is 13.1 Å². The summed E-state index contributed by atoms with van der Waals surface area (Å²) in [6, 6.07) is 0. The number of hydrogen-bond donors (Lipinski definition) is 0. The van der Waals surface area contributed by atoms with Crippen LogP contribution in [0.1, 0.15) is 20.3 Å². The van der Waals surface area contributed by atoms with E-state index in [2.05, 4.69) is 4.99 Å². The van der Waals surface area contributed by atoms with Crippen molar-refractivity contribution in [2.24, 2.45) is 4.99 Å². The summed E-state index contributed by atoms with van der Waals surface area (Å²) in [7, 11) is 0. The van der Waals surface area contributed by atoms with E-state index >= 15 is 0 Å². The Kier molecular flexibility index (Phi) is 4.45. The van der Waals surface area contributed by atoms with Gasteiger partial charge in [-0.2, -0.15) is 0 Å². The molecule has 0 aliphatic heterocycles. The molecule has 0 aromatic rings. The van der Waals surface area contributed by atoms with Crippen LogP contribution in [-0.2, 0) is 0 Å². The maximum absolute atomic E-state index is 9.97. The predicted octanol–water partition coefficient (Wildman–Crippen LogP) is 1.13. The maximum atomic E-state index is 9.97. The molecule has 0 aliphatic rings. The molecule has 4 heteroatoms. The number of rotatable bonds is 4. The van der Waals surface area contributed by atoms with Gasteiger partial charge in [-0.25, -0.2) is 0 Å². The van der Waals surface area contributed by atoms with Crippen LogP contribution in [0, 0.1) is 10.1 Å². The standard InChI is InChI=1S/C6H12N2O2/c1-3-6(7-4-2)5-8(9)10/h3-5H2,1-2H3. The van der Waals surface area contributed by atoms with E-state index in [0.717, 1.165) is 0 Å². The average Bonchev–Trinajstić information content (AvgIpc) is 1.86. The van der Waals surface area contributed by atoms with Gasteiger partial charge in [0.15, 0.2) is 0 Å². The third-order valence-corrected chi connectivity index (χ3v) is 1.10. The lowest BCUT2D eigenvalue weighted by Crippen LogP contribution is -2.12. The smallest absolute Gasteiger partial charge is 0.241 e. The summed E-state index contributed by atoms with van der Waals surface area (Å²) in [5.74, 6) is 0. The van der Waals surface area contributed by atoms with E-state index < -0.39 is 0 Å². The molecule has 0 aliphatic carbocycles. The van der Waals surface area contributed by atoms with Crippen molar-refractivity contribution in [3.63, 3.8) is 0 Å². The molecule has 0 radical (unpaired) electrons. The molecule has 0 aromatic heterocycles. The van der Waals surface area contributed by atoms with Gasteiger partial charge in [0.1, 0.15) is 0 Å². The van der Waals surface area contributed by atoms with Crippen LogP contribution in [0.3, 0.4) is 0 Å². The van der Waals surface area contributed by atoms with E-state index in [4.69, 9.17) is 0 Å². The Labute approximate surface area is 60.1 Å². The molecule has 0 bridgehead atoms. The molecule has 0 N–H and O–H groups in total. The van der Waals surface area contributed by atoms with Crippen molar-refractivity contribution < 1.29 is 4.92 Å². The van der Waals surface area contributed by atoms with Crippen LogP contribution in [-0.4, -0.2) is 23.7 Å². The minimum absolute atomic E-state index is 0.107. The van der Waals surface area contributed by atoms with Crippen LogP contribution in [0.5, 0.6) is 0 Å². The second-order valence-electron chi connectivity index (χ2n) is 1.88. The lowest BCUT2D eigenvalue weighted by atomic mass is 10.3. The first-order valence-electron chi connectivity index (χ1n) is 3.34. The molecule has 0 saturated heterocycles. The number of aliphatic imine (C=N–C) groups is 1. The van der Waals surface area contributed by atoms with Gasteiger partial charge in [0, 0.05) is 11.5 Å². The molecule has 0 aromatic carbocycles. The zero-order valence-corrected chi connectivity index (χ0v) is 6.33. The van der Waals surface area contributed by atoms with Crippen molar-refractivity contribution in [3.05, 3.63) is 10.1 Å². The van der Waals surface area contributed by atoms with Crippen molar-refractivity contribution in [1.29, 1.82) is 0 Å². The van der Waals surface area contributed by atoms with Crippen molar-refractivity contribution >= 4 is 5.71 Å². The van der Waals surface area contributed by atoms with E-state index in [0.29, 0.717) is 18.7 Å². The molecular weight excluding hydrogens is 132 g/mol. The molecule has 58 valence electrons. The van der Waals surface area contributed by atoms with Crippen LogP contribution >= 0.6 is 0 Å². The van der Waals surface area contributed by atoms with E-state index in [1.807, 2.05) is 13.8 Å². The highest BCUT2D eigenvalue weighted by Gasteiger charge is 2.02. The summed E-state index contributed by atoms with van der Waals surface area (Å²) in [5.41, 5.74) is 0.674. The topological polar surface area (TPSA) is 55.5 Å². The summed E-state index contributed by atoms with van der Waals surface area (Å²) in [4.78, 5) is 13.6. The largest absolute Gasteiger partial charge is 0.288 e. The Morgan fingerprint density at radius 2 is 2.20 bits per heavy atom. The highest BCUT2D eigenvalue weighted by atomic mass is 16.6. The predicted molar refractivity (Wildman–Crippen MR) is 40.1 cm³/mol. The highest BCUT2D eigenvalue weighted by molar-refractivity contribution is 5.85. The molecule has 0 saturated carbocycles. The van der Waals surface area contributed by atoms with E-state index in [9.17, 15) is 10.1 Å². The van der Waals surface area contributed by atoms with Crippen LogP contribution in [0.15, 0.2) is 4.99 Å². The fourth-order valence-corrected chi connectivity index (χ4v) is 0.646. The van der Waals surface area contributed by atoms with Crippen molar-refractivity contribution in [2.45, 2.75) is 20.3 Å². The summed E-state index contributed by atoms with van der Waals surface area (Å²) in [6.45, 7) is 4.27. The number of hydrogen-bond acceptors (Lipinski definition) is 3. The van der Waals surface area contributed by atoms with Gasteiger partial charge in [-0.05, 0) is 13.3 Å². The van der Waals surface area contributed by atoms with Crippen LogP contribution in [0.4, 0.5) is 0 Å². The molecule has 0 heterocycles. The van der Waals surface area contributed by atoms with Gasteiger partial charge in [-0.3, -0.25) is 15.1 Å². The number of nitro groups is 1. The van der Waals surface area contributed by atoms with Gasteiger partial charge >= 0.3 is 0 Å². The van der Waals surface area contributed by atoms with Crippen molar-refractivity contribution in [1.82, 2.24) is 0 Å². The average molecular weight is 144 g/mol. The van der Waals surface area contributed by atoms with Gasteiger partial charge in [0.2, 0.25) is 6.54 Å². The van der Waals surface area contributed by atoms with Crippen LogP contribution < -0.4 is 0 Å². The zero-order valence-electron chi connectivity index (χ0n) is 6.33. The molecule has 0 spiro atoms. The van der Waals surface area contributed by atoms with Crippen LogP contribution in [0.25, 0.3) is 0 Å². The van der Waals surface area contributed by atoms with Gasteiger partial charge in [0.25, 0.3) is 0 Å². The summed E-state index contributed by atoms with van der Waals surface area (Å²) in [6.07, 6.45) is 0.675. The molecule has 0 fully saturated rings. The minimum atomic E-state index is -0.349. The Balaban J connectivity index is 3.83. The SMILES string of the molecule is CCN=C(CC)C[N+](=O)[O-]. The van der Waals surface area contributed by atoms with Gasteiger partial charge in [0.05, 0.1) is 5.71 Å². The summed E-state index contributed by atoms with van der Waals surface area (Å²) >= 11 is 0. The Morgan fingerprint density at radius 3 is 2.50 bits per heavy atom. The number of nitrogens with zero attached hydrogens (tertiary/aromatic N) is 2. The first kappa shape index (κ1) is 9.07. The molecule has 10 heavy (non-hydrogen) atoms. The van der Waals surface area contributed by atoms with Gasteiger partial charge in [-0.1, -0.05) is 6.92 Å². The second-order valence-corrected chi connectivity index (χ2v) is 1.88. The fourth-order valence-electron chi connectivity index (χ4n) is 0.646. The summed E-state index contributed by atoms with van der Waals surface area (Å²) in [5, 5.41) is 9.97. The highest BCUT2D eigenvalue weighted by Crippen LogP contribution is 1.86. The Morgan fingerprint density at radius 1 is 1.60 bits per heavy atom. The molecule has 0 atom stereocenters. The minimum Gasteiger partial charge on any atom is -0.288 e. The molecular formula is C6H12N2O2. The van der Waals surface area contributed by atoms with Gasteiger partial charge < -0.3 is 0 Å². The van der Waals surface area contributed by atoms with Gasteiger partial charge in [-0.15, -0.1) is 0 Å². The Hall–Kier alpha value is -0.930. The third kappa shape index (κ3) is 4.00. The molecule has 0 amide bonds. The molecule has 0 rings (SSSR count). The second kappa shape index (κ2) is 4.90. The Bertz CT molecular complexity index is 143. The molecule has 0 unspecified atom stereocenters. The van der Waals surface area contributed by atoms with E-state index in [-0.39, 0.29) is 11.5 Å². The monoisotopic (exact) mass is 144 g/mol. The lowest BCUT2D eigenvalue weighted by molar-refractivity contribution is -0.463. The van der Waals surface area contributed by atoms with E-state index in [1.54, 1.807) is 0 Å². The van der Waals surface area contributed by atoms with E-state index in [1.165, 1.54) is 0 Å². The first-order chi connectivity index (χ1) is 4.70. The van der Waals surface area contributed by atoms with Crippen molar-refractivity contribution in [3.8, 4) is 0 Å². The quantitative estimate of drug-likeness (QED) is 0.337. The molecule has 4 nitrogen and oxygen atoms in total. The normalized spacial score (nSPS) is 11.6. The summed E-state index contributed by atoms with van der Waals surface area (Å²) < 4.78 is 0. The zero-order chi connectivity index (χ0) is 7.98. The maximum Gasteiger partial charge on any atom is 0.241 e.